The van der Waals surface area contributed by atoms with Crippen molar-refractivity contribution < 1.29 is 4.79 Å². The van der Waals surface area contributed by atoms with Crippen molar-refractivity contribution in [1.82, 2.24) is 20.2 Å². The van der Waals surface area contributed by atoms with E-state index >= 15 is 0 Å². The predicted octanol–water partition coefficient (Wildman–Crippen LogP) is 0.519. The third kappa shape index (κ3) is 4.67. The van der Waals surface area contributed by atoms with Crippen LogP contribution in [0.25, 0.3) is 0 Å². The van der Waals surface area contributed by atoms with E-state index in [-0.39, 0.29) is 17.4 Å². The van der Waals surface area contributed by atoms with Crippen LogP contribution < -0.4 is 11.1 Å². The summed E-state index contributed by atoms with van der Waals surface area (Å²) < 4.78 is 0. The minimum absolute atomic E-state index is 0.234. The van der Waals surface area contributed by atoms with Crippen molar-refractivity contribution in [2.75, 3.05) is 25.9 Å². The van der Waals surface area contributed by atoms with Gasteiger partial charge in [0, 0.05) is 12.6 Å². The maximum Gasteiger partial charge on any atom is 0.271 e. The number of anilines is 1. The molecule has 0 saturated heterocycles. The van der Waals surface area contributed by atoms with Gasteiger partial charge in [0.2, 0.25) is 0 Å². The number of aromatic nitrogens is 2. The molecule has 6 nitrogen and oxygen atoms in total. The molecular weight excluding hydrogens is 230 g/mol. The van der Waals surface area contributed by atoms with E-state index in [0.29, 0.717) is 12.6 Å². The Hall–Kier alpha value is -1.69. The summed E-state index contributed by atoms with van der Waals surface area (Å²) in [5.74, 6) is 0.0178. The zero-order chi connectivity index (χ0) is 13.5. The van der Waals surface area contributed by atoms with E-state index in [1.54, 1.807) is 0 Å². The summed E-state index contributed by atoms with van der Waals surface area (Å²) in [6.07, 6.45) is 3.72. The highest BCUT2D eigenvalue weighted by Gasteiger charge is 2.08. The molecule has 0 unspecified atom stereocenters. The van der Waals surface area contributed by atoms with E-state index in [0.717, 1.165) is 13.0 Å². The molecule has 0 saturated carbocycles. The Morgan fingerprint density at radius 1 is 1.50 bits per heavy atom. The minimum atomic E-state index is -0.234. The first-order valence-corrected chi connectivity index (χ1v) is 6.06. The van der Waals surface area contributed by atoms with E-state index < -0.39 is 0 Å². The maximum atomic E-state index is 11.7. The summed E-state index contributed by atoms with van der Waals surface area (Å²) in [4.78, 5) is 21.7. The topological polar surface area (TPSA) is 84.1 Å². The van der Waals surface area contributed by atoms with Gasteiger partial charge in [-0.2, -0.15) is 0 Å². The molecule has 1 aromatic rings. The molecule has 18 heavy (non-hydrogen) atoms. The van der Waals surface area contributed by atoms with Crippen LogP contribution >= 0.6 is 0 Å². The average Bonchev–Trinajstić information content (AvgIpc) is 2.33. The normalized spacial score (nSPS) is 10.9. The van der Waals surface area contributed by atoms with Crippen molar-refractivity contribution >= 4 is 11.7 Å². The molecule has 0 aromatic carbocycles. The molecule has 0 atom stereocenters. The molecule has 0 aliphatic carbocycles. The van der Waals surface area contributed by atoms with Gasteiger partial charge in [0.1, 0.15) is 11.5 Å². The molecule has 0 spiro atoms. The molecule has 1 aromatic heterocycles. The standard InChI is InChI=1S/C12H21N5O/c1-9(2)17(3)6-4-5-15-12(18)10-7-14-8-11(13)16-10/h7-9H,4-6H2,1-3H3,(H2,13,16)(H,15,18). The van der Waals surface area contributed by atoms with Gasteiger partial charge in [0.25, 0.3) is 5.91 Å². The first-order valence-electron chi connectivity index (χ1n) is 6.06. The summed E-state index contributed by atoms with van der Waals surface area (Å²) in [5.41, 5.74) is 5.72. The zero-order valence-electron chi connectivity index (χ0n) is 11.2. The van der Waals surface area contributed by atoms with Gasteiger partial charge in [-0.05, 0) is 33.9 Å². The van der Waals surface area contributed by atoms with Gasteiger partial charge in [0.15, 0.2) is 0 Å². The molecular formula is C12H21N5O. The van der Waals surface area contributed by atoms with Crippen molar-refractivity contribution in [3.63, 3.8) is 0 Å². The van der Waals surface area contributed by atoms with E-state index in [9.17, 15) is 4.79 Å². The van der Waals surface area contributed by atoms with Gasteiger partial charge in [0.05, 0.1) is 12.4 Å². The molecule has 1 heterocycles. The highest BCUT2D eigenvalue weighted by atomic mass is 16.1. The lowest BCUT2D eigenvalue weighted by atomic mass is 10.3. The summed E-state index contributed by atoms with van der Waals surface area (Å²) in [6.45, 7) is 5.84. The fraction of sp³-hybridized carbons (Fsp3) is 0.583. The first-order chi connectivity index (χ1) is 8.50. The first kappa shape index (κ1) is 14.4. The summed E-state index contributed by atoms with van der Waals surface area (Å²) in [5, 5.41) is 2.80. The second kappa shape index (κ2) is 6.90. The van der Waals surface area contributed by atoms with Gasteiger partial charge < -0.3 is 16.0 Å². The van der Waals surface area contributed by atoms with Crippen LogP contribution in [0.1, 0.15) is 30.8 Å². The Bertz CT molecular complexity index is 394. The van der Waals surface area contributed by atoms with Crippen molar-refractivity contribution in [1.29, 1.82) is 0 Å². The monoisotopic (exact) mass is 251 g/mol. The average molecular weight is 251 g/mol. The molecule has 1 amide bonds. The maximum absolute atomic E-state index is 11.7. The van der Waals surface area contributed by atoms with E-state index in [1.165, 1.54) is 12.4 Å². The number of hydrogen-bond donors (Lipinski definition) is 2. The summed E-state index contributed by atoms with van der Waals surface area (Å²) in [6, 6.07) is 0.514. The molecule has 100 valence electrons. The number of carbonyl (C=O) groups is 1. The lowest BCUT2D eigenvalue weighted by Gasteiger charge is -2.20. The number of nitrogen functional groups attached to an aromatic ring is 1. The molecule has 1 rings (SSSR count). The molecule has 0 bridgehead atoms. The van der Waals surface area contributed by atoms with Crippen LogP contribution in [-0.2, 0) is 0 Å². The Morgan fingerprint density at radius 3 is 2.83 bits per heavy atom. The molecule has 0 radical (unpaired) electrons. The van der Waals surface area contributed by atoms with Crippen LogP contribution in [-0.4, -0.2) is 47.0 Å². The molecule has 0 fully saturated rings. The third-order valence-electron chi connectivity index (χ3n) is 2.74. The molecule has 0 aliphatic heterocycles. The van der Waals surface area contributed by atoms with E-state index in [2.05, 4.69) is 41.1 Å². The van der Waals surface area contributed by atoms with Crippen LogP contribution in [0.2, 0.25) is 0 Å². The number of carbonyl (C=O) groups excluding carboxylic acids is 1. The SMILES string of the molecule is CC(C)N(C)CCCNC(=O)c1cncc(N)n1. The minimum Gasteiger partial charge on any atom is -0.382 e. The highest BCUT2D eigenvalue weighted by molar-refractivity contribution is 5.92. The van der Waals surface area contributed by atoms with Crippen molar-refractivity contribution in [2.45, 2.75) is 26.3 Å². The van der Waals surface area contributed by atoms with Gasteiger partial charge in [-0.15, -0.1) is 0 Å². The van der Waals surface area contributed by atoms with Crippen LogP contribution in [0.15, 0.2) is 12.4 Å². The number of rotatable bonds is 6. The van der Waals surface area contributed by atoms with Gasteiger partial charge >= 0.3 is 0 Å². The number of hydrogen-bond acceptors (Lipinski definition) is 5. The van der Waals surface area contributed by atoms with Crippen molar-refractivity contribution in [2.24, 2.45) is 0 Å². The summed E-state index contributed by atoms with van der Waals surface area (Å²) >= 11 is 0. The van der Waals surface area contributed by atoms with Crippen molar-refractivity contribution in [3.05, 3.63) is 18.1 Å². The van der Waals surface area contributed by atoms with Crippen LogP contribution in [0.4, 0.5) is 5.82 Å². The fourth-order valence-electron chi connectivity index (χ4n) is 1.37. The van der Waals surface area contributed by atoms with E-state index in [1.807, 2.05) is 0 Å². The third-order valence-corrected chi connectivity index (χ3v) is 2.74. The van der Waals surface area contributed by atoms with Crippen LogP contribution in [0.3, 0.4) is 0 Å². The summed E-state index contributed by atoms with van der Waals surface area (Å²) in [7, 11) is 2.07. The van der Waals surface area contributed by atoms with Gasteiger partial charge in [-0.3, -0.25) is 9.78 Å². The van der Waals surface area contributed by atoms with Crippen LogP contribution in [0.5, 0.6) is 0 Å². The molecule has 6 heteroatoms. The van der Waals surface area contributed by atoms with Crippen molar-refractivity contribution in [3.8, 4) is 0 Å². The smallest absolute Gasteiger partial charge is 0.271 e. The fourth-order valence-corrected chi connectivity index (χ4v) is 1.37. The number of nitrogens with one attached hydrogen (secondary N) is 1. The molecule has 3 N–H and O–H groups in total. The number of amides is 1. The lowest BCUT2D eigenvalue weighted by molar-refractivity contribution is 0.0946. The largest absolute Gasteiger partial charge is 0.382 e. The van der Waals surface area contributed by atoms with Gasteiger partial charge in [-0.1, -0.05) is 0 Å². The Balaban J connectivity index is 2.30. The predicted molar refractivity (Wildman–Crippen MR) is 71.2 cm³/mol. The quantitative estimate of drug-likeness (QED) is 0.720. The number of nitrogens with zero attached hydrogens (tertiary/aromatic N) is 3. The zero-order valence-corrected chi connectivity index (χ0v) is 11.2. The number of nitrogens with two attached hydrogens (primary N) is 1. The Morgan fingerprint density at radius 2 is 2.22 bits per heavy atom. The second-order valence-electron chi connectivity index (χ2n) is 4.51. The Labute approximate surface area is 108 Å². The van der Waals surface area contributed by atoms with E-state index in [4.69, 9.17) is 5.73 Å². The second-order valence-corrected chi connectivity index (χ2v) is 4.51. The highest BCUT2D eigenvalue weighted by Crippen LogP contribution is 1.97. The lowest BCUT2D eigenvalue weighted by Crippen LogP contribution is -2.31. The van der Waals surface area contributed by atoms with Gasteiger partial charge in [-0.25, -0.2) is 4.98 Å². The Kier molecular flexibility index (Phi) is 5.51. The molecule has 0 aliphatic rings. The van der Waals surface area contributed by atoms with Crippen LogP contribution in [0, 0.1) is 0 Å².